The highest BCUT2D eigenvalue weighted by Crippen LogP contribution is 2.19. The lowest BCUT2D eigenvalue weighted by atomic mass is 10.1. The van der Waals surface area contributed by atoms with E-state index in [2.05, 4.69) is 15.2 Å². The number of carbonyl (C=O) groups excluding carboxylic acids is 1. The first-order valence-electron chi connectivity index (χ1n) is 8.98. The number of benzene rings is 1. The Hall–Kier alpha value is -2.09. The maximum Gasteiger partial charge on any atom is 0.410 e. The van der Waals surface area contributed by atoms with E-state index in [1.165, 1.54) is 18.2 Å². The van der Waals surface area contributed by atoms with E-state index in [9.17, 15) is 9.18 Å². The van der Waals surface area contributed by atoms with E-state index in [4.69, 9.17) is 10.00 Å². The molecular formula is C19H25FIN5O2. The van der Waals surface area contributed by atoms with Crippen LogP contribution in [0, 0.1) is 17.1 Å². The third kappa shape index (κ3) is 5.25. The van der Waals surface area contributed by atoms with Gasteiger partial charge in [-0.1, -0.05) is 0 Å². The highest BCUT2D eigenvalue weighted by Gasteiger charge is 2.36. The van der Waals surface area contributed by atoms with Gasteiger partial charge in [0.1, 0.15) is 11.4 Å². The molecule has 0 spiro atoms. The number of nitriles is 1. The first-order valence-corrected chi connectivity index (χ1v) is 8.98. The molecule has 2 aliphatic heterocycles. The van der Waals surface area contributed by atoms with E-state index in [0.29, 0.717) is 43.3 Å². The summed E-state index contributed by atoms with van der Waals surface area (Å²) in [6, 6.07) is 6.40. The van der Waals surface area contributed by atoms with Crippen LogP contribution in [0.2, 0.25) is 0 Å². The number of guanidine groups is 1. The number of halogens is 2. The maximum atomic E-state index is 13.9. The van der Waals surface area contributed by atoms with Crippen molar-refractivity contribution in [2.75, 3.05) is 26.2 Å². The molecule has 2 heterocycles. The molecule has 3 rings (SSSR count). The summed E-state index contributed by atoms with van der Waals surface area (Å²) < 4.78 is 19.4. The van der Waals surface area contributed by atoms with Crippen molar-refractivity contribution in [2.24, 2.45) is 4.99 Å². The molecule has 0 bridgehead atoms. The predicted molar refractivity (Wildman–Crippen MR) is 114 cm³/mol. The number of rotatable bonds is 2. The molecule has 1 aromatic carbocycles. The van der Waals surface area contributed by atoms with Crippen LogP contribution in [0.5, 0.6) is 0 Å². The van der Waals surface area contributed by atoms with E-state index >= 15 is 0 Å². The molecule has 9 heteroatoms. The van der Waals surface area contributed by atoms with Crippen LogP contribution in [0.1, 0.15) is 31.9 Å². The molecule has 1 N–H and O–H groups in total. The summed E-state index contributed by atoms with van der Waals surface area (Å²) in [5, 5.41) is 12.1. The van der Waals surface area contributed by atoms with Crippen LogP contribution >= 0.6 is 24.0 Å². The SMILES string of the molecule is CC(C)(C)OC(=O)N1CCN2C(NCc3cc(C#N)ccc3F)=NCC2C1.I. The Morgan fingerprint density at radius 1 is 1.43 bits per heavy atom. The lowest BCUT2D eigenvalue weighted by Crippen LogP contribution is -2.57. The van der Waals surface area contributed by atoms with Crippen LogP contribution in [-0.4, -0.2) is 59.7 Å². The fraction of sp³-hybridized carbons (Fsp3) is 0.526. The number of nitrogens with zero attached hydrogens (tertiary/aromatic N) is 4. The summed E-state index contributed by atoms with van der Waals surface area (Å²) in [6.45, 7) is 8.09. The van der Waals surface area contributed by atoms with Crippen molar-refractivity contribution in [1.82, 2.24) is 15.1 Å². The molecule has 0 saturated carbocycles. The summed E-state index contributed by atoms with van der Waals surface area (Å²) >= 11 is 0. The Bertz CT molecular complexity index is 802. The molecule has 1 saturated heterocycles. The third-order valence-corrected chi connectivity index (χ3v) is 4.47. The number of fused-ring (bicyclic) bond motifs is 1. The topological polar surface area (TPSA) is 81.0 Å². The number of aliphatic imine (C=N–C) groups is 1. The van der Waals surface area contributed by atoms with Crippen LogP contribution in [-0.2, 0) is 11.3 Å². The summed E-state index contributed by atoms with van der Waals surface area (Å²) in [6.07, 6.45) is -0.307. The quantitative estimate of drug-likeness (QED) is 0.631. The van der Waals surface area contributed by atoms with Gasteiger partial charge >= 0.3 is 6.09 Å². The van der Waals surface area contributed by atoms with Crippen molar-refractivity contribution in [1.29, 1.82) is 5.26 Å². The number of piperazine rings is 1. The van der Waals surface area contributed by atoms with Gasteiger partial charge in [-0.3, -0.25) is 4.99 Å². The monoisotopic (exact) mass is 501 g/mol. The van der Waals surface area contributed by atoms with Gasteiger partial charge in [-0.05, 0) is 39.0 Å². The van der Waals surface area contributed by atoms with Crippen molar-refractivity contribution < 1.29 is 13.9 Å². The number of amides is 1. The minimum atomic E-state index is -0.519. The Kier molecular flexibility index (Phi) is 7.09. The Morgan fingerprint density at radius 2 is 2.18 bits per heavy atom. The minimum absolute atomic E-state index is 0. The van der Waals surface area contributed by atoms with Gasteiger partial charge in [0.2, 0.25) is 0 Å². The zero-order chi connectivity index (χ0) is 19.6. The Labute approximate surface area is 181 Å². The van der Waals surface area contributed by atoms with Gasteiger partial charge < -0.3 is 19.9 Å². The summed E-state index contributed by atoms with van der Waals surface area (Å²) in [5.41, 5.74) is 0.327. The van der Waals surface area contributed by atoms with Crippen LogP contribution < -0.4 is 5.32 Å². The second-order valence-electron chi connectivity index (χ2n) is 7.71. The average Bonchev–Trinajstić information content (AvgIpc) is 3.02. The molecule has 0 radical (unpaired) electrons. The minimum Gasteiger partial charge on any atom is -0.444 e. The van der Waals surface area contributed by atoms with E-state index in [1.807, 2.05) is 26.8 Å². The maximum absolute atomic E-state index is 13.9. The Balaban J connectivity index is 0.00000280. The van der Waals surface area contributed by atoms with E-state index in [0.717, 1.165) is 0 Å². The van der Waals surface area contributed by atoms with Gasteiger partial charge in [0.25, 0.3) is 0 Å². The van der Waals surface area contributed by atoms with Gasteiger partial charge in [0.15, 0.2) is 5.96 Å². The van der Waals surface area contributed by atoms with Crippen LogP contribution in [0.25, 0.3) is 0 Å². The molecule has 0 aromatic heterocycles. The second-order valence-corrected chi connectivity index (χ2v) is 7.71. The Morgan fingerprint density at radius 3 is 2.86 bits per heavy atom. The standard InChI is InChI=1S/C19H24FN5O2.HI/c1-19(2,3)27-18(26)24-6-7-25-15(12-24)11-23-17(25)22-10-14-8-13(9-21)4-5-16(14)20;/h4-5,8,15H,6-7,10-12H2,1-3H3,(H,22,23);1H. The van der Waals surface area contributed by atoms with Gasteiger partial charge in [-0.25, -0.2) is 9.18 Å². The van der Waals surface area contributed by atoms with E-state index < -0.39 is 5.60 Å². The van der Waals surface area contributed by atoms with Crippen molar-refractivity contribution in [3.63, 3.8) is 0 Å². The van der Waals surface area contributed by atoms with Gasteiger partial charge in [-0.2, -0.15) is 5.26 Å². The highest BCUT2D eigenvalue weighted by atomic mass is 127. The van der Waals surface area contributed by atoms with Crippen molar-refractivity contribution in [2.45, 2.75) is 39.0 Å². The molecule has 0 aliphatic carbocycles. The molecule has 2 aliphatic rings. The number of carbonyl (C=O) groups is 1. The molecule has 28 heavy (non-hydrogen) atoms. The van der Waals surface area contributed by atoms with Crippen molar-refractivity contribution in [3.05, 3.63) is 35.1 Å². The largest absolute Gasteiger partial charge is 0.444 e. The zero-order valence-electron chi connectivity index (χ0n) is 16.2. The highest BCUT2D eigenvalue weighted by molar-refractivity contribution is 14.0. The number of hydrogen-bond donors (Lipinski definition) is 1. The van der Waals surface area contributed by atoms with E-state index in [1.54, 1.807) is 4.90 Å². The van der Waals surface area contributed by atoms with Gasteiger partial charge in [0.05, 0.1) is 24.2 Å². The first kappa shape index (κ1) is 22.2. The molecular weight excluding hydrogens is 476 g/mol. The summed E-state index contributed by atoms with van der Waals surface area (Å²) in [4.78, 5) is 20.6. The lowest BCUT2D eigenvalue weighted by molar-refractivity contribution is 0.0137. The van der Waals surface area contributed by atoms with E-state index in [-0.39, 0.29) is 48.5 Å². The third-order valence-electron chi connectivity index (χ3n) is 4.47. The fourth-order valence-electron chi connectivity index (χ4n) is 3.18. The second kappa shape index (κ2) is 8.94. The molecule has 1 atom stereocenters. The fourth-order valence-corrected chi connectivity index (χ4v) is 3.18. The van der Waals surface area contributed by atoms with Gasteiger partial charge in [-0.15, -0.1) is 24.0 Å². The molecule has 1 fully saturated rings. The number of ether oxygens (including phenoxy) is 1. The summed E-state index contributed by atoms with van der Waals surface area (Å²) in [7, 11) is 0. The van der Waals surface area contributed by atoms with Crippen molar-refractivity contribution >= 4 is 36.0 Å². The van der Waals surface area contributed by atoms with Crippen LogP contribution in [0.4, 0.5) is 9.18 Å². The smallest absolute Gasteiger partial charge is 0.410 e. The van der Waals surface area contributed by atoms with Crippen LogP contribution in [0.3, 0.4) is 0 Å². The number of nitrogens with one attached hydrogen (secondary N) is 1. The first-order chi connectivity index (χ1) is 12.8. The van der Waals surface area contributed by atoms with Crippen LogP contribution in [0.15, 0.2) is 23.2 Å². The molecule has 1 aromatic rings. The predicted octanol–water partition coefficient (Wildman–Crippen LogP) is 2.70. The number of hydrogen-bond acceptors (Lipinski definition) is 6. The molecule has 152 valence electrons. The lowest BCUT2D eigenvalue weighted by Gasteiger charge is -2.39. The molecule has 7 nitrogen and oxygen atoms in total. The molecule has 1 unspecified atom stereocenters. The average molecular weight is 501 g/mol. The van der Waals surface area contributed by atoms with Gasteiger partial charge in [0, 0.05) is 31.7 Å². The van der Waals surface area contributed by atoms with Crippen molar-refractivity contribution in [3.8, 4) is 6.07 Å². The molecule has 1 amide bonds. The summed E-state index contributed by atoms with van der Waals surface area (Å²) in [5.74, 6) is 0.344. The zero-order valence-corrected chi connectivity index (χ0v) is 18.6. The normalized spacial score (nSPS) is 18.5.